The zero-order valence-electron chi connectivity index (χ0n) is 21.1. The molecule has 198 valence electrons. The first kappa shape index (κ1) is 25.3. The number of aromatic amines is 1. The highest BCUT2D eigenvalue weighted by molar-refractivity contribution is 6.02. The molecule has 1 aromatic heterocycles. The molecule has 0 radical (unpaired) electrons. The standard InChI is InChI=1S/C28H31N5O5/c1-38-23-8-4-7-20-19(23)14-22(31-20)27(36)33-24(18-11-15-5-2-3-6-16(15)12-18)28(37)32-21(25(29)34)13-17-9-10-30-26(17)35/h2-8,14,17-18,21,24,31H,9-13H2,1H3,(H2,29,34)(H,30,35)(H,32,37)(H,33,36)/t17?,21?,24-/m0/s1. The molecule has 0 saturated carbocycles. The molecule has 4 amide bonds. The lowest BCUT2D eigenvalue weighted by atomic mass is 9.93. The largest absolute Gasteiger partial charge is 0.496 e. The number of aromatic nitrogens is 1. The molecule has 2 aromatic carbocycles. The van der Waals surface area contributed by atoms with E-state index >= 15 is 0 Å². The lowest BCUT2D eigenvalue weighted by Gasteiger charge is -2.26. The number of rotatable bonds is 9. The van der Waals surface area contributed by atoms with Crippen LogP contribution in [0.3, 0.4) is 0 Å². The number of methoxy groups -OCH3 is 1. The molecule has 5 rings (SSSR count). The van der Waals surface area contributed by atoms with Crippen molar-refractivity contribution in [2.45, 2.75) is 37.8 Å². The molecule has 1 saturated heterocycles. The summed E-state index contributed by atoms with van der Waals surface area (Å²) >= 11 is 0. The minimum atomic E-state index is -1.03. The van der Waals surface area contributed by atoms with Crippen LogP contribution >= 0.6 is 0 Å². The van der Waals surface area contributed by atoms with Gasteiger partial charge in [0.05, 0.1) is 7.11 Å². The van der Waals surface area contributed by atoms with Crippen LogP contribution in [-0.2, 0) is 27.2 Å². The van der Waals surface area contributed by atoms with E-state index in [2.05, 4.69) is 20.9 Å². The van der Waals surface area contributed by atoms with Crippen LogP contribution in [0.15, 0.2) is 48.5 Å². The van der Waals surface area contributed by atoms with Gasteiger partial charge < -0.3 is 31.4 Å². The Morgan fingerprint density at radius 3 is 2.45 bits per heavy atom. The molecule has 3 atom stereocenters. The highest BCUT2D eigenvalue weighted by atomic mass is 16.5. The molecular formula is C28H31N5O5. The molecule has 2 unspecified atom stereocenters. The molecule has 0 spiro atoms. The molecule has 3 aromatic rings. The van der Waals surface area contributed by atoms with E-state index in [0.29, 0.717) is 31.6 Å². The molecular weight excluding hydrogens is 486 g/mol. The molecule has 1 aliphatic carbocycles. The summed E-state index contributed by atoms with van der Waals surface area (Å²) in [4.78, 5) is 54.4. The van der Waals surface area contributed by atoms with Crippen LogP contribution in [0.25, 0.3) is 10.9 Å². The van der Waals surface area contributed by atoms with Gasteiger partial charge in [-0.15, -0.1) is 0 Å². The number of benzene rings is 2. The van der Waals surface area contributed by atoms with E-state index in [9.17, 15) is 19.2 Å². The smallest absolute Gasteiger partial charge is 0.268 e. The molecule has 1 aliphatic heterocycles. The number of ether oxygens (including phenoxy) is 1. The summed E-state index contributed by atoms with van der Waals surface area (Å²) in [6.07, 6.45) is 1.88. The number of hydrogen-bond acceptors (Lipinski definition) is 5. The highest BCUT2D eigenvalue weighted by Crippen LogP contribution is 2.30. The van der Waals surface area contributed by atoms with Gasteiger partial charge in [0, 0.05) is 23.4 Å². The zero-order valence-corrected chi connectivity index (χ0v) is 21.1. The van der Waals surface area contributed by atoms with Crippen molar-refractivity contribution in [2.24, 2.45) is 17.6 Å². The van der Waals surface area contributed by atoms with Gasteiger partial charge in [0.15, 0.2) is 0 Å². The SMILES string of the molecule is COc1cccc2[nH]c(C(=O)N[C@H](C(=O)NC(CC3CCNC3=O)C(N)=O)C3Cc4ccccc4C3)cc12. The first-order chi connectivity index (χ1) is 18.3. The third kappa shape index (κ3) is 5.06. The molecule has 38 heavy (non-hydrogen) atoms. The molecule has 0 bridgehead atoms. The van der Waals surface area contributed by atoms with Crippen LogP contribution in [0.5, 0.6) is 5.75 Å². The van der Waals surface area contributed by atoms with Gasteiger partial charge in [-0.2, -0.15) is 0 Å². The molecule has 10 heteroatoms. The van der Waals surface area contributed by atoms with Crippen molar-refractivity contribution in [3.05, 3.63) is 65.4 Å². The quantitative estimate of drug-likeness (QED) is 0.288. The zero-order chi connectivity index (χ0) is 26.8. The van der Waals surface area contributed by atoms with Crippen LogP contribution < -0.4 is 26.4 Å². The van der Waals surface area contributed by atoms with Crippen molar-refractivity contribution < 1.29 is 23.9 Å². The summed E-state index contributed by atoms with van der Waals surface area (Å²) in [6.45, 7) is 0.525. The van der Waals surface area contributed by atoms with Crippen molar-refractivity contribution in [3.8, 4) is 5.75 Å². The van der Waals surface area contributed by atoms with Gasteiger partial charge in [0.2, 0.25) is 17.7 Å². The van der Waals surface area contributed by atoms with Gasteiger partial charge in [-0.05, 0) is 60.9 Å². The van der Waals surface area contributed by atoms with E-state index in [1.807, 2.05) is 36.4 Å². The van der Waals surface area contributed by atoms with Crippen molar-refractivity contribution in [2.75, 3.05) is 13.7 Å². The van der Waals surface area contributed by atoms with Gasteiger partial charge in [-0.3, -0.25) is 19.2 Å². The summed E-state index contributed by atoms with van der Waals surface area (Å²) in [5.74, 6) is -1.84. The van der Waals surface area contributed by atoms with Gasteiger partial charge >= 0.3 is 0 Å². The molecule has 2 aliphatic rings. The Hall–Kier alpha value is -4.34. The minimum Gasteiger partial charge on any atom is -0.496 e. The lowest BCUT2D eigenvalue weighted by Crippen LogP contribution is -2.56. The summed E-state index contributed by atoms with van der Waals surface area (Å²) in [6, 6.07) is 13.1. The molecule has 1 fully saturated rings. The average molecular weight is 518 g/mol. The Morgan fingerprint density at radius 1 is 1.08 bits per heavy atom. The highest BCUT2D eigenvalue weighted by Gasteiger charge is 2.37. The van der Waals surface area contributed by atoms with Crippen molar-refractivity contribution in [3.63, 3.8) is 0 Å². The lowest BCUT2D eigenvalue weighted by molar-refractivity contribution is -0.130. The van der Waals surface area contributed by atoms with Gasteiger partial charge in [-0.1, -0.05) is 30.3 Å². The number of primary amides is 1. The predicted molar refractivity (Wildman–Crippen MR) is 140 cm³/mol. The van der Waals surface area contributed by atoms with E-state index in [1.165, 1.54) is 0 Å². The fraction of sp³-hybridized carbons (Fsp3) is 0.357. The number of amides is 4. The van der Waals surface area contributed by atoms with Gasteiger partial charge in [0.25, 0.3) is 5.91 Å². The monoisotopic (exact) mass is 517 g/mol. The van der Waals surface area contributed by atoms with E-state index < -0.39 is 35.7 Å². The van der Waals surface area contributed by atoms with Crippen molar-refractivity contribution >= 4 is 34.5 Å². The number of carbonyl (C=O) groups is 4. The summed E-state index contributed by atoms with van der Waals surface area (Å²) in [5, 5.41) is 9.11. The van der Waals surface area contributed by atoms with Crippen LogP contribution in [0, 0.1) is 11.8 Å². The second-order valence-corrected chi connectivity index (χ2v) is 9.97. The first-order valence-electron chi connectivity index (χ1n) is 12.7. The molecule has 2 heterocycles. The summed E-state index contributed by atoms with van der Waals surface area (Å²) < 4.78 is 5.40. The number of fused-ring (bicyclic) bond motifs is 2. The van der Waals surface area contributed by atoms with E-state index in [-0.39, 0.29) is 23.9 Å². The fourth-order valence-electron chi connectivity index (χ4n) is 5.53. The maximum absolute atomic E-state index is 13.6. The van der Waals surface area contributed by atoms with Crippen molar-refractivity contribution in [1.29, 1.82) is 0 Å². The molecule has 10 nitrogen and oxygen atoms in total. The van der Waals surface area contributed by atoms with Crippen LogP contribution in [0.2, 0.25) is 0 Å². The maximum atomic E-state index is 13.6. The fourth-order valence-corrected chi connectivity index (χ4v) is 5.53. The Kier molecular flexibility index (Phi) is 7.04. The Bertz CT molecular complexity index is 1370. The van der Waals surface area contributed by atoms with Gasteiger partial charge in [-0.25, -0.2) is 0 Å². The van der Waals surface area contributed by atoms with E-state index in [1.54, 1.807) is 19.2 Å². The van der Waals surface area contributed by atoms with Crippen LogP contribution in [0.4, 0.5) is 0 Å². The number of hydrogen-bond donors (Lipinski definition) is 5. The number of carbonyl (C=O) groups excluding carboxylic acids is 4. The maximum Gasteiger partial charge on any atom is 0.268 e. The number of H-pyrrole nitrogens is 1. The van der Waals surface area contributed by atoms with Crippen LogP contribution in [-0.4, -0.2) is 54.4 Å². The predicted octanol–water partition coefficient (Wildman–Crippen LogP) is 1.19. The number of nitrogens with one attached hydrogen (secondary N) is 4. The first-order valence-corrected chi connectivity index (χ1v) is 12.7. The average Bonchev–Trinajstić information content (AvgIpc) is 3.64. The Labute approximate surface area is 219 Å². The van der Waals surface area contributed by atoms with E-state index in [4.69, 9.17) is 10.5 Å². The third-order valence-electron chi connectivity index (χ3n) is 7.55. The Balaban J connectivity index is 1.38. The summed E-state index contributed by atoms with van der Waals surface area (Å²) in [7, 11) is 1.56. The van der Waals surface area contributed by atoms with Gasteiger partial charge in [0.1, 0.15) is 23.5 Å². The van der Waals surface area contributed by atoms with E-state index in [0.717, 1.165) is 22.0 Å². The minimum absolute atomic E-state index is 0.111. The normalized spacial score (nSPS) is 18.4. The third-order valence-corrected chi connectivity index (χ3v) is 7.55. The number of nitrogens with two attached hydrogens (primary N) is 1. The Morgan fingerprint density at radius 2 is 1.82 bits per heavy atom. The summed E-state index contributed by atoms with van der Waals surface area (Å²) in [5.41, 5.74) is 8.86. The molecule has 6 N–H and O–H groups in total. The second kappa shape index (κ2) is 10.6. The topological polar surface area (TPSA) is 155 Å². The second-order valence-electron chi connectivity index (χ2n) is 9.97. The van der Waals surface area contributed by atoms with Crippen LogP contribution in [0.1, 0.15) is 34.5 Å². The van der Waals surface area contributed by atoms with Crippen molar-refractivity contribution in [1.82, 2.24) is 20.9 Å².